The van der Waals surface area contributed by atoms with Crippen LogP contribution in [0.3, 0.4) is 0 Å². The Hall–Kier alpha value is -2.67. The molecule has 7 heteroatoms. The van der Waals surface area contributed by atoms with Gasteiger partial charge in [-0.3, -0.25) is 4.79 Å². The molecule has 0 radical (unpaired) electrons. The van der Waals surface area contributed by atoms with E-state index in [2.05, 4.69) is 20.9 Å². The summed E-state index contributed by atoms with van der Waals surface area (Å²) >= 11 is 0. The van der Waals surface area contributed by atoms with Gasteiger partial charge >= 0.3 is 0 Å². The van der Waals surface area contributed by atoms with Crippen LogP contribution in [-0.2, 0) is 6.54 Å². The number of benzene rings is 1. The number of nitrogens with zero attached hydrogens (tertiary/aromatic N) is 1. The monoisotopic (exact) mass is 369 g/mol. The Morgan fingerprint density at radius 2 is 2.07 bits per heavy atom. The first-order valence-electron chi connectivity index (χ1n) is 9.38. The third-order valence-electron chi connectivity index (χ3n) is 5.34. The Morgan fingerprint density at radius 3 is 2.85 bits per heavy atom. The van der Waals surface area contributed by atoms with Crippen LogP contribution in [0.5, 0.6) is 0 Å². The molecule has 1 aromatic carbocycles. The van der Waals surface area contributed by atoms with Gasteiger partial charge in [0, 0.05) is 24.3 Å². The van der Waals surface area contributed by atoms with Crippen molar-refractivity contribution < 1.29 is 9.18 Å². The predicted molar refractivity (Wildman–Crippen MR) is 104 cm³/mol. The summed E-state index contributed by atoms with van der Waals surface area (Å²) < 4.78 is 13.6. The highest BCUT2D eigenvalue weighted by Crippen LogP contribution is 2.30. The summed E-state index contributed by atoms with van der Waals surface area (Å²) in [5.41, 5.74) is 8.90. The largest absolute Gasteiger partial charge is 0.366 e. The molecule has 2 atom stereocenters. The van der Waals surface area contributed by atoms with E-state index in [0.29, 0.717) is 35.0 Å². The lowest BCUT2D eigenvalue weighted by Crippen LogP contribution is -2.42. The van der Waals surface area contributed by atoms with Crippen LogP contribution in [-0.4, -0.2) is 23.0 Å². The number of rotatable bonds is 4. The van der Waals surface area contributed by atoms with Crippen molar-refractivity contribution in [3.63, 3.8) is 0 Å². The van der Waals surface area contributed by atoms with Crippen LogP contribution in [0.15, 0.2) is 24.3 Å². The smallest absolute Gasteiger partial charge is 0.255 e. The summed E-state index contributed by atoms with van der Waals surface area (Å²) in [4.78, 5) is 16.9. The molecule has 0 saturated heterocycles. The van der Waals surface area contributed by atoms with E-state index in [1.165, 1.54) is 6.07 Å². The summed E-state index contributed by atoms with van der Waals surface area (Å²) in [6.07, 6.45) is 4.32. The Labute approximate surface area is 157 Å². The summed E-state index contributed by atoms with van der Waals surface area (Å²) in [6.45, 7) is 2.17. The maximum absolute atomic E-state index is 13.6. The van der Waals surface area contributed by atoms with Crippen molar-refractivity contribution in [1.29, 1.82) is 0 Å². The Morgan fingerprint density at radius 1 is 1.26 bits per heavy atom. The Balaban J connectivity index is 1.65. The molecule has 1 fully saturated rings. The van der Waals surface area contributed by atoms with Crippen molar-refractivity contribution in [2.24, 2.45) is 5.73 Å². The topological polar surface area (TPSA) is 92.1 Å². The molecule has 1 aliphatic carbocycles. The molecule has 1 aromatic heterocycles. The minimum absolute atomic E-state index is 0.102. The lowest BCUT2D eigenvalue weighted by atomic mass is 9.91. The Kier molecular flexibility index (Phi) is 4.70. The first kappa shape index (κ1) is 17.7. The second-order valence-corrected chi connectivity index (χ2v) is 7.36. The molecule has 1 saturated carbocycles. The van der Waals surface area contributed by atoms with Crippen LogP contribution in [0.2, 0.25) is 0 Å². The number of carbonyl (C=O) groups is 1. The number of hydrogen-bond acceptors (Lipinski definition) is 5. The minimum Gasteiger partial charge on any atom is -0.366 e. The van der Waals surface area contributed by atoms with Crippen molar-refractivity contribution in [1.82, 2.24) is 10.3 Å². The van der Waals surface area contributed by atoms with E-state index in [1.54, 1.807) is 19.1 Å². The van der Waals surface area contributed by atoms with E-state index in [1.807, 2.05) is 6.07 Å². The number of fused-ring (bicyclic) bond motifs is 1. The molecule has 1 aliphatic heterocycles. The molecule has 2 aromatic rings. The van der Waals surface area contributed by atoms with Gasteiger partial charge in [0.1, 0.15) is 17.5 Å². The first-order chi connectivity index (χ1) is 13.0. The number of nitrogens with two attached hydrogens (primary N) is 1. The van der Waals surface area contributed by atoms with Gasteiger partial charge in [-0.2, -0.15) is 0 Å². The Bertz CT molecular complexity index is 885. The van der Waals surface area contributed by atoms with Crippen molar-refractivity contribution in [3.05, 3.63) is 46.8 Å². The number of hydrogen-bond donors (Lipinski definition) is 4. The predicted octanol–water partition coefficient (Wildman–Crippen LogP) is 3.20. The fourth-order valence-corrected chi connectivity index (χ4v) is 3.81. The van der Waals surface area contributed by atoms with Crippen molar-refractivity contribution in [3.8, 4) is 0 Å². The lowest BCUT2D eigenvalue weighted by Gasteiger charge is -2.30. The fourth-order valence-electron chi connectivity index (χ4n) is 3.81. The second kappa shape index (κ2) is 7.15. The molecule has 4 rings (SSSR count). The van der Waals surface area contributed by atoms with Gasteiger partial charge in [-0.15, -0.1) is 0 Å². The van der Waals surface area contributed by atoms with Crippen LogP contribution >= 0.6 is 0 Å². The molecule has 2 heterocycles. The second-order valence-electron chi connectivity index (χ2n) is 7.36. The molecule has 27 heavy (non-hydrogen) atoms. The summed E-state index contributed by atoms with van der Waals surface area (Å²) in [7, 11) is 0. The van der Waals surface area contributed by atoms with Gasteiger partial charge in [-0.25, -0.2) is 9.37 Å². The van der Waals surface area contributed by atoms with E-state index < -0.39 is 0 Å². The molecule has 6 nitrogen and oxygen atoms in total. The fraction of sp³-hybridized carbons (Fsp3) is 0.400. The normalized spacial score (nSPS) is 21.5. The van der Waals surface area contributed by atoms with Gasteiger partial charge in [0.15, 0.2) is 0 Å². The molecule has 0 spiro atoms. The molecule has 2 aliphatic rings. The average Bonchev–Trinajstić information content (AvgIpc) is 3.01. The maximum Gasteiger partial charge on any atom is 0.255 e. The highest BCUT2D eigenvalue weighted by molar-refractivity contribution is 6.03. The van der Waals surface area contributed by atoms with Gasteiger partial charge in [0.2, 0.25) is 0 Å². The first-order valence-corrected chi connectivity index (χ1v) is 9.38. The van der Waals surface area contributed by atoms with Crippen LogP contribution in [0, 0.1) is 12.7 Å². The van der Waals surface area contributed by atoms with E-state index >= 15 is 0 Å². The number of aromatic nitrogens is 1. The van der Waals surface area contributed by atoms with Crippen LogP contribution in [0.25, 0.3) is 0 Å². The van der Waals surface area contributed by atoms with Gasteiger partial charge < -0.3 is 21.7 Å². The van der Waals surface area contributed by atoms with Gasteiger partial charge in [-0.05, 0) is 55.2 Å². The minimum atomic E-state index is -0.266. The van der Waals surface area contributed by atoms with Crippen molar-refractivity contribution >= 4 is 23.2 Å². The molecular formula is C20H24FN5O. The van der Waals surface area contributed by atoms with Gasteiger partial charge in [-0.1, -0.05) is 12.8 Å². The van der Waals surface area contributed by atoms with E-state index in [9.17, 15) is 9.18 Å². The highest BCUT2D eigenvalue weighted by Gasteiger charge is 2.27. The number of anilines is 3. The molecule has 5 N–H and O–H groups in total. The number of amides is 1. The summed E-state index contributed by atoms with van der Waals surface area (Å²) in [6, 6.07) is 6.94. The number of aryl methyl sites for hydroxylation is 1. The maximum atomic E-state index is 13.6. The van der Waals surface area contributed by atoms with E-state index in [0.717, 1.165) is 31.2 Å². The van der Waals surface area contributed by atoms with Gasteiger partial charge in [0.05, 0.1) is 5.56 Å². The van der Waals surface area contributed by atoms with Crippen molar-refractivity contribution in [2.45, 2.75) is 51.2 Å². The number of nitrogens with one attached hydrogen (secondary N) is 3. The standard InChI is InChI=1S/C20H24FN5O/c1-11-8-13(6-7-14(11)21)24-19-18-12(10-23-20(18)27)9-17(26-19)25-16-5-3-2-4-15(16)22/h6-9,15-16H,2-5,10,22H2,1H3,(H,23,27)(H2,24,25,26)/t15-,16+/m0/s1. The van der Waals surface area contributed by atoms with E-state index in [4.69, 9.17) is 5.73 Å². The van der Waals surface area contributed by atoms with Gasteiger partial charge in [0.25, 0.3) is 5.91 Å². The third-order valence-corrected chi connectivity index (χ3v) is 5.34. The van der Waals surface area contributed by atoms with Crippen LogP contribution in [0.4, 0.5) is 21.7 Å². The molecular weight excluding hydrogens is 345 g/mol. The zero-order valence-electron chi connectivity index (χ0n) is 15.3. The zero-order chi connectivity index (χ0) is 19.0. The number of pyridine rings is 1. The number of halogens is 1. The number of carbonyl (C=O) groups excluding carboxylic acids is 1. The average molecular weight is 369 g/mol. The lowest BCUT2D eigenvalue weighted by molar-refractivity contribution is 0.0966. The van der Waals surface area contributed by atoms with Crippen molar-refractivity contribution in [2.75, 3.05) is 10.6 Å². The molecule has 0 bridgehead atoms. The van der Waals surface area contributed by atoms with Crippen LogP contribution in [0.1, 0.15) is 47.2 Å². The summed E-state index contributed by atoms with van der Waals surface area (Å²) in [5, 5.41) is 9.47. The quantitative estimate of drug-likeness (QED) is 0.664. The molecule has 1 amide bonds. The zero-order valence-corrected chi connectivity index (χ0v) is 15.3. The molecule has 0 unspecified atom stereocenters. The highest BCUT2D eigenvalue weighted by atomic mass is 19.1. The summed E-state index contributed by atoms with van der Waals surface area (Å²) in [5.74, 6) is 0.757. The van der Waals surface area contributed by atoms with E-state index in [-0.39, 0.29) is 23.8 Å². The molecule has 142 valence electrons. The SMILES string of the molecule is Cc1cc(Nc2nc(N[C@@H]3CCCC[C@@H]3N)cc3c2C(=O)NC3)ccc1F. The third kappa shape index (κ3) is 3.60. The van der Waals surface area contributed by atoms with Crippen LogP contribution < -0.4 is 21.7 Å².